The molecule has 110 valence electrons. The van der Waals surface area contributed by atoms with E-state index in [-0.39, 0.29) is 0 Å². The van der Waals surface area contributed by atoms with E-state index < -0.39 is 0 Å². The quantitative estimate of drug-likeness (QED) is 0.719. The molecule has 3 N–H and O–H groups in total. The third kappa shape index (κ3) is 3.87. The number of nitriles is 1. The van der Waals surface area contributed by atoms with Gasteiger partial charge in [0.2, 0.25) is 0 Å². The highest BCUT2D eigenvalue weighted by atomic mass is 32.1. The van der Waals surface area contributed by atoms with E-state index >= 15 is 0 Å². The molecule has 0 unspecified atom stereocenters. The minimum atomic E-state index is 0.563. The number of rotatable bonds is 8. The number of nitrogens with zero attached hydrogens (tertiary/aromatic N) is 1. The van der Waals surface area contributed by atoms with Crippen LogP contribution in [0.2, 0.25) is 0 Å². The first-order valence-corrected chi connectivity index (χ1v) is 8.09. The lowest BCUT2D eigenvalue weighted by molar-refractivity contribution is 0.110. The molecule has 0 radical (unpaired) electrons. The summed E-state index contributed by atoms with van der Waals surface area (Å²) in [6.45, 7) is 6.76. The van der Waals surface area contributed by atoms with Gasteiger partial charge in [0.1, 0.15) is 10.9 Å². The zero-order chi connectivity index (χ0) is 14.5. The Hall–Kier alpha value is -1.25. The fourth-order valence-electron chi connectivity index (χ4n) is 2.14. The van der Waals surface area contributed by atoms with Crippen LogP contribution in [-0.2, 0) is 4.74 Å². The van der Waals surface area contributed by atoms with Crippen LogP contribution in [0.3, 0.4) is 0 Å². The Morgan fingerprint density at radius 3 is 2.85 bits per heavy atom. The van der Waals surface area contributed by atoms with Crippen molar-refractivity contribution in [2.75, 3.05) is 30.8 Å². The maximum absolute atomic E-state index is 9.08. The summed E-state index contributed by atoms with van der Waals surface area (Å²) in [7, 11) is 0. The van der Waals surface area contributed by atoms with E-state index in [1.807, 2.05) is 0 Å². The second-order valence-electron chi connectivity index (χ2n) is 5.72. The van der Waals surface area contributed by atoms with Crippen LogP contribution in [0.5, 0.6) is 0 Å². The first-order valence-electron chi connectivity index (χ1n) is 7.27. The SMILES string of the molecule is CC(C)COCCCNc1sc(C#N)c(N)c1C1CC1. The van der Waals surface area contributed by atoms with Gasteiger partial charge in [-0.15, -0.1) is 11.3 Å². The Kier molecular flexibility index (Phi) is 5.27. The molecule has 20 heavy (non-hydrogen) atoms. The number of hydrogen-bond acceptors (Lipinski definition) is 5. The second kappa shape index (κ2) is 6.96. The van der Waals surface area contributed by atoms with Gasteiger partial charge in [0.05, 0.1) is 10.7 Å². The number of ether oxygens (including phenoxy) is 1. The molecule has 0 aromatic carbocycles. The van der Waals surface area contributed by atoms with Crippen LogP contribution >= 0.6 is 11.3 Å². The van der Waals surface area contributed by atoms with E-state index in [0.29, 0.717) is 22.4 Å². The third-order valence-electron chi connectivity index (χ3n) is 3.27. The average Bonchev–Trinajstić information content (AvgIpc) is 3.18. The Balaban J connectivity index is 1.82. The lowest BCUT2D eigenvalue weighted by atomic mass is 10.1. The van der Waals surface area contributed by atoms with Crippen LogP contribution in [0.15, 0.2) is 0 Å². The third-order valence-corrected chi connectivity index (χ3v) is 4.36. The Morgan fingerprint density at radius 2 is 2.25 bits per heavy atom. The van der Waals surface area contributed by atoms with E-state index in [4.69, 9.17) is 15.7 Å². The minimum absolute atomic E-state index is 0.563. The molecular weight excluding hydrogens is 270 g/mol. The summed E-state index contributed by atoms with van der Waals surface area (Å²) in [5.41, 5.74) is 7.93. The molecule has 1 heterocycles. The van der Waals surface area contributed by atoms with Gasteiger partial charge in [0.15, 0.2) is 0 Å². The van der Waals surface area contributed by atoms with Gasteiger partial charge < -0.3 is 15.8 Å². The maximum Gasteiger partial charge on any atom is 0.130 e. The summed E-state index contributed by atoms with van der Waals surface area (Å²) in [4.78, 5) is 0.644. The van der Waals surface area contributed by atoms with Gasteiger partial charge in [-0.3, -0.25) is 0 Å². The van der Waals surface area contributed by atoms with Crippen molar-refractivity contribution >= 4 is 22.0 Å². The number of hydrogen-bond donors (Lipinski definition) is 2. The summed E-state index contributed by atoms with van der Waals surface area (Å²) in [5, 5.41) is 13.6. The Labute approximate surface area is 124 Å². The number of nitrogens with two attached hydrogens (primary N) is 1. The average molecular weight is 293 g/mol. The molecule has 1 saturated carbocycles. The number of nitrogens with one attached hydrogen (secondary N) is 1. The molecule has 1 aliphatic carbocycles. The van der Waals surface area contributed by atoms with E-state index in [9.17, 15) is 0 Å². The Bertz CT molecular complexity index is 486. The van der Waals surface area contributed by atoms with Gasteiger partial charge in [-0.2, -0.15) is 5.26 Å². The van der Waals surface area contributed by atoms with Gasteiger partial charge in [0.25, 0.3) is 0 Å². The molecular formula is C15H23N3OS. The van der Waals surface area contributed by atoms with Crippen molar-refractivity contribution in [2.24, 2.45) is 5.92 Å². The van der Waals surface area contributed by atoms with E-state index in [1.54, 1.807) is 0 Å². The standard InChI is InChI=1S/C15H23N3OS/c1-10(2)9-19-7-3-6-18-15-13(11-4-5-11)14(17)12(8-16)20-15/h10-11,18H,3-7,9,17H2,1-2H3. The summed E-state index contributed by atoms with van der Waals surface area (Å²) >= 11 is 1.49. The summed E-state index contributed by atoms with van der Waals surface area (Å²) in [5.74, 6) is 1.15. The lowest BCUT2D eigenvalue weighted by Crippen LogP contribution is -2.08. The number of anilines is 2. The summed E-state index contributed by atoms with van der Waals surface area (Å²) in [6.07, 6.45) is 3.35. The molecule has 0 spiro atoms. The van der Waals surface area contributed by atoms with Gasteiger partial charge >= 0.3 is 0 Å². The lowest BCUT2D eigenvalue weighted by Gasteiger charge is -2.09. The first kappa shape index (κ1) is 15.1. The highest BCUT2D eigenvalue weighted by Gasteiger charge is 2.31. The van der Waals surface area contributed by atoms with Crippen molar-refractivity contribution in [3.63, 3.8) is 0 Å². The highest BCUT2D eigenvalue weighted by Crippen LogP contribution is 2.50. The fraction of sp³-hybridized carbons (Fsp3) is 0.667. The van der Waals surface area contributed by atoms with Crippen molar-refractivity contribution in [3.05, 3.63) is 10.4 Å². The molecule has 1 fully saturated rings. The van der Waals surface area contributed by atoms with Crippen LogP contribution < -0.4 is 11.1 Å². The first-order chi connectivity index (χ1) is 9.63. The van der Waals surface area contributed by atoms with Crippen LogP contribution in [0.4, 0.5) is 10.7 Å². The van der Waals surface area contributed by atoms with Crippen molar-refractivity contribution in [3.8, 4) is 6.07 Å². The van der Waals surface area contributed by atoms with Gasteiger partial charge in [-0.25, -0.2) is 0 Å². The van der Waals surface area contributed by atoms with E-state index in [0.717, 1.165) is 31.2 Å². The molecule has 1 aliphatic rings. The largest absolute Gasteiger partial charge is 0.397 e. The van der Waals surface area contributed by atoms with Crippen molar-refractivity contribution in [1.82, 2.24) is 0 Å². The predicted octanol–water partition coefficient (Wildman–Crippen LogP) is 3.55. The highest BCUT2D eigenvalue weighted by molar-refractivity contribution is 7.17. The van der Waals surface area contributed by atoms with Gasteiger partial charge in [-0.1, -0.05) is 13.8 Å². The fourth-order valence-corrected chi connectivity index (χ4v) is 3.17. The maximum atomic E-state index is 9.08. The zero-order valence-electron chi connectivity index (χ0n) is 12.2. The normalized spacial score (nSPS) is 14.5. The zero-order valence-corrected chi connectivity index (χ0v) is 13.1. The van der Waals surface area contributed by atoms with Gasteiger partial charge in [-0.05, 0) is 31.1 Å². The van der Waals surface area contributed by atoms with E-state index in [1.165, 1.54) is 29.7 Å². The van der Waals surface area contributed by atoms with Crippen LogP contribution in [-0.4, -0.2) is 19.8 Å². The van der Waals surface area contributed by atoms with Crippen molar-refractivity contribution in [1.29, 1.82) is 5.26 Å². The van der Waals surface area contributed by atoms with Crippen LogP contribution in [0.25, 0.3) is 0 Å². The van der Waals surface area contributed by atoms with Crippen LogP contribution in [0, 0.1) is 17.2 Å². The van der Waals surface area contributed by atoms with E-state index in [2.05, 4.69) is 25.2 Å². The second-order valence-corrected chi connectivity index (χ2v) is 6.74. The van der Waals surface area contributed by atoms with Crippen molar-refractivity contribution in [2.45, 2.75) is 39.0 Å². The molecule has 0 atom stereocenters. The topological polar surface area (TPSA) is 71.1 Å². The number of nitrogen functional groups attached to an aromatic ring is 1. The molecule has 4 nitrogen and oxygen atoms in total. The van der Waals surface area contributed by atoms with Crippen LogP contribution in [0.1, 0.15) is 49.5 Å². The number of thiophene rings is 1. The smallest absolute Gasteiger partial charge is 0.130 e. The predicted molar refractivity (Wildman–Crippen MR) is 84.2 cm³/mol. The molecule has 0 saturated heterocycles. The molecule has 0 bridgehead atoms. The molecule has 1 aromatic rings. The van der Waals surface area contributed by atoms with Gasteiger partial charge in [0, 0.05) is 25.3 Å². The molecule has 5 heteroatoms. The van der Waals surface area contributed by atoms with Crippen molar-refractivity contribution < 1.29 is 4.74 Å². The molecule has 1 aromatic heterocycles. The molecule has 0 amide bonds. The summed E-state index contributed by atoms with van der Waals surface area (Å²) in [6, 6.07) is 2.19. The monoisotopic (exact) mass is 293 g/mol. The summed E-state index contributed by atoms with van der Waals surface area (Å²) < 4.78 is 5.56. The minimum Gasteiger partial charge on any atom is -0.397 e. The molecule has 0 aliphatic heterocycles. The Morgan fingerprint density at radius 1 is 1.50 bits per heavy atom. The molecule has 2 rings (SSSR count).